The third-order valence-electron chi connectivity index (χ3n) is 2.86. The number of hydrogen-bond donors (Lipinski definition) is 1. The molecule has 1 saturated heterocycles. The highest BCUT2D eigenvalue weighted by Gasteiger charge is 2.28. The molecule has 0 aromatic heterocycles. The second kappa shape index (κ2) is 5.57. The van der Waals surface area contributed by atoms with E-state index in [0.29, 0.717) is 0 Å². The van der Waals surface area contributed by atoms with Crippen molar-refractivity contribution >= 4 is 23.4 Å². The summed E-state index contributed by atoms with van der Waals surface area (Å²) >= 11 is 0. The van der Waals surface area contributed by atoms with Crippen molar-refractivity contribution in [1.82, 2.24) is 10.2 Å². The van der Waals surface area contributed by atoms with E-state index in [-0.39, 0.29) is 30.1 Å². The molecule has 0 spiro atoms. The van der Waals surface area contributed by atoms with Crippen molar-refractivity contribution in [2.75, 3.05) is 20.2 Å². The number of nitrogens with zero attached hydrogens (tertiary/aromatic N) is 2. The Kier molecular flexibility index (Phi) is 3.83. The van der Waals surface area contributed by atoms with Gasteiger partial charge in [0.25, 0.3) is 5.91 Å². The van der Waals surface area contributed by atoms with Gasteiger partial charge in [-0.05, 0) is 12.1 Å². The summed E-state index contributed by atoms with van der Waals surface area (Å²) in [4.78, 5) is 45.9. The number of nitro benzene ring substituents is 1. The molecule has 1 heterocycles. The maximum Gasteiger partial charge on any atom is 0.311 e. The minimum atomic E-state index is -0.677. The minimum Gasteiger partial charge on any atom is -0.490 e. The van der Waals surface area contributed by atoms with Gasteiger partial charge < -0.3 is 9.64 Å². The maximum atomic E-state index is 12.2. The molecular formula is C12H11N3O6. The number of nitro groups is 1. The molecule has 0 unspecified atom stereocenters. The van der Waals surface area contributed by atoms with Gasteiger partial charge in [-0.3, -0.25) is 29.8 Å². The number of carbonyl (C=O) groups excluding carboxylic acids is 3. The van der Waals surface area contributed by atoms with Crippen molar-refractivity contribution in [3.8, 4) is 5.75 Å². The van der Waals surface area contributed by atoms with Crippen LogP contribution in [0.3, 0.4) is 0 Å². The van der Waals surface area contributed by atoms with Gasteiger partial charge in [-0.15, -0.1) is 0 Å². The first-order chi connectivity index (χ1) is 9.92. The second-order valence-corrected chi connectivity index (χ2v) is 4.28. The molecule has 1 fully saturated rings. The highest BCUT2D eigenvalue weighted by molar-refractivity contribution is 6.05. The van der Waals surface area contributed by atoms with Crippen molar-refractivity contribution in [3.05, 3.63) is 33.9 Å². The molecule has 0 radical (unpaired) electrons. The summed E-state index contributed by atoms with van der Waals surface area (Å²) in [5.74, 6) is -1.81. The Labute approximate surface area is 118 Å². The van der Waals surface area contributed by atoms with Crippen molar-refractivity contribution in [2.24, 2.45) is 0 Å². The Balaban J connectivity index is 2.31. The number of amides is 3. The van der Waals surface area contributed by atoms with Crippen LogP contribution in [-0.2, 0) is 9.59 Å². The van der Waals surface area contributed by atoms with Crippen LogP contribution in [0.1, 0.15) is 10.4 Å². The molecule has 9 heteroatoms. The Morgan fingerprint density at radius 1 is 1.33 bits per heavy atom. The van der Waals surface area contributed by atoms with Gasteiger partial charge in [0.1, 0.15) is 13.1 Å². The first kappa shape index (κ1) is 14.4. The second-order valence-electron chi connectivity index (χ2n) is 4.28. The van der Waals surface area contributed by atoms with E-state index in [4.69, 9.17) is 4.74 Å². The van der Waals surface area contributed by atoms with E-state index in [1.54, 1.807) is 0 Å². The summed E-state index contributed by atoms with van der Waals surface area (Å²) in [6, 6.07) is 3.68. The molecule has 1 aromatic carbocycles. The monoisotopic (exact) mass is 293 g/mol. The number of hydrogen-bond acceptors (Lipinski definition) is 6. The lowest BCUT2D eigenvalue weighted by Gasteiger charge is -2.25. The van der Waals surface area contributed by atoms with Crippen LogP contribution in [-0.4, -0.2) is 47.7 Å². The lowest BCUT2D eigenvalue weighted by Crippen LogP contribution is -2.53. The number of nitrogens with one attached hydrogen (secondary N) is 1. The standard InChI is InChI=1S/C12H11N3O6/c1-21-9-3-2-7(4-8(9)15(19)20)12(18)14-5-10(16)13-11(17)6-14/h2-4H,5-6H2,1H3,(H,13,16,17). The predicted octanol–water partition coefficient (Wildman–Crippen LogP) is -0.298. The van der Waals surface area contributed by atoms with Crippen LogP contribution in [0.4, 0.5) is 5.69 Å². The van der Waals surface area contributed by atoms with Crippen LogP contribution in [0.25, 0.3) is 0 Å². The molecule has 0 atom stereocenters. The van der Waals surface area contributed by atoms with Crippen molar-refractivity contribution < 1.29 is 24.0 Å². The summed E-state index contributed by atoms with van der Waals surface area (Å²) in [7, 11) is 1.28. The van der Waals surface area contributed by atoms with Crippen molar-refractivity contribution in [3.63, 3.8) is 0 Å². The third-order valence-corrected chi connectivity index (χ3v) is 2.86. The summed E-state index contributed by atoms with van der Waals surface area (Å²) in [5.41, 5.74) is -0.360. The molecule has 0 aliphatic carbocycles. The normalized spacial score (nSPS) is 14.6. The first-order valence-corrected chi connectivity index (χ1v) is 5.86. The zero-order valence-corrected chi connectivity index (χ0v) is 11.0. The zero-order chi connectivity index (χ0) is 15.6. The summed E-state index contributed by atoms with van der Waals surface area (Å²) in [6.45, 7) is -0.547. The Hall–Kier alpha value is -2.97. The summed E-state index contributed by atoms with van der Waals surface area (Å²) in [5, 5.41) is 13.0. The van der Waals surface area contributed by atoms with E-state index in [2.05, 4.69) is 5.32 Å². The average Bonchev–Trinajstić information content (AvgIpc) is 2.44. The molecule has 2 rings (SSSR count). The van der Waals surface area contributed by atoms with E-state index < -0.39 is 22.6 Å². The fraction of sp³-hybridized carbons (Fsp3) is 0.250. The highest BCUT2D eigenvalue weighted by Crippen LogP contribution is 2.28. The van der Waals surface area contributed by atoms with Crippen LogP contribution in [0.2, 0.25) is 0 Å². The predicted molar refractivity (Wildman–Crippen MR) is 68.7 cm³/mol. The lowest BCUT2D eigenvalue weighted by atomic mass is 10.1. The molecule has 110 valence electrons. The Morgan fingerprint density at radius 3 is 2.48 bits per heavy atom. The topological polar surface area (TPSA) is 119 Å². The molecule has 0 bridgehead atoms. The van der Waals surface area contributed by atoms with Gasteiger partial charge in [0, 0.05) is 11.6 Å². The average molecular weight is 293 g/mol. The van der Waals surface area contributed by atoms with E-state index in [1.807, 2.05) is 0 Å². The number of rotatable bonds is 3. The van der Waals surface area contributed by atoms with Crippen LogP contribution in [0, 0.1) is 10.1 Å². The number of carbonyl (C=O) groups is 3. The highest BCUT2D eigenvalue weighted by atomic mass is 16.6. The summed E-state index contributed by atoms with van der Waals surface area (Å²) < 4.78 is 4.84. The summed E-state index contributed by atoms with van der Waals surface area (Å²) in [6.07, 6.45) is 0. The molecule has 3 amide bonds. The lowest BCUT2D eigenvalue weighted by molar-refractivity contribution is -0.385. The number of benzene rings is 1. The number of methoxy groups -OCH3 is 1. The maximum absolute atomic E-state index is 12.2. The van der Waals surface area contributed by atoms with Gasteiger partial charge in [-0.25, -0.2) is 0 Å². The number of ether oxygens (including phenoxy) is 1. The van der Waals surface area contributed by atoms with E-state index in [0.717, 1.165) is 11.0 Å². The van der Waals surface area contributed by atoms with Crippen molar-refractivity contribution in [1.29, 1.82) is 0 Å². The molecule has 21 heavy (non-hydrogen) atoms. The first-order valence-electron chi connectivity index (χ1n) is 5.86. The molecule has 0 saturated carbocycles. The largest absolute Gasteiger partial charge is 0.490 e. The van der Waals surface area contributed by atoms with Crippen LogP contribution in [0.5, 0.6) is 5.75 Å². The van der Waals surface area contributed by atoms with Gasteiger partial charge in [-0.2, -0.15) is 0 Å². The van der Waals surface area contributed by atoms with Gasteiger partial charge in [0.2, 0.25) is 11.8 Å². The van der Waals surface area contributed by atoms with E-state index >= 15 is 0 Å². The van der Waals surface area contributed by atoms with Gasteiger partial charge in [0.15, 0.2) is 5.75 Å². The fourth-order valence-corrected chi connectivity index (χ4v) is 1.93. The number of piperazine rings is 1. The van der Waals surface area contributed by atoms with Crippen molar-refractivity contribution in [2.45, 2.75) is 0 Å². The fourth-order valence-electron chi connectivity index (χ4n) is 1.93. The Morgan fingerprint density at radius 2 is 1.95 bits per heavy atom. The van der Waals surface area contributed by atoms with Crippen LogP contribution in [0.15, 0.2) is 18.2 Å². The molecule has 9 nitrogen and oxygen atoms in total. The SMILES string of the molecule is COc1ccc(C(=O)N2CC(=O)NC(=O)C2)cc1[N+](=O)[O-]. The van der Waals surface area contributed by atoms with Crippen LogP contribution >= 0.6 is 0 Å². The smallest absolute Gasteiger partial charge is 0.311 e. The zero-order valence-electron chi connectivity index (χ0n) is 11.0. The van der Waals surface area contributed by atoms with Gasteiger partial charge >= 0.3 is 5.69 Å². The molecule has 1 aliphatic heterocycles. The number of imide groups is 1. The molecular weight excluding hydrogens is 282 g/mol. The quantitative estimate of drug-likeness (QED) is 0.464. The minimum absolute atomic E-state index is 0.00463. The van der Waals surface area contributed by atoms with E-state index in [1.165, 1.54) is 19.2 Å². The third kappa shape index (κ3) is 2.96. The van der Waals surface area contributed by atoms with Gasteiger partial charge in [0.05, 0.1) is 12.0 Å². The molecule has 1 N–H and O–H groups in total. The van der Waals surface area contributed by atoms with E-state index in [9.17, 15) is 24.5 Å². The van der Waals surface area contributed by atoms with Crippen LogP contribution < -0.4 is 10.1 Å². The Bertz CT molecular complexity index is 626. The molecule has 1 aromatic rings. The van der Waals surface area contributed by atoms with Gasteiger partial charge in [-0.1, -0.05) is 0 Å². The molecule has 1 aliphatic rings.